The molecule has 5 heteroatoms. The number of piperidine rings is 1. The molecule has 1 saturated heterocycles. The van der Waals surface area contributed by atoms with Crippen LogP contribution >= 0.6 is 22.9 Å². The van der Waals surface area contributed by atoms with Crippen LogP contribution in [0.4, 0.5) is 0 Å². The number of amides is 1. The molecule has 0 saturated carbocycles. The van der Waals surface area contributed by atoms with Gasteiger partial charge in [-0.1, -0.05) is 11.6 Å². The van der Waals surface area contributed by atoms with Crippen LogP contribution < -0.4 is 5.32 Å². The molecule has 0 spiro atoms. The lowest BCUT2D eigenvalue weighted by atomic mass is 9.98. The molecule has 0 radical (unpaired) electrons. The third kappa shape index (κ3) is 3.05. The van der Waals surface area contributed by atoms with Crippen molar-refractivity contribution in [2.24, 2.45) is 5.92 Å². The first-order valence-electron chi connectivity index (χ1n) is 6.29. The van der Waals surface area contributed by atoms with Crippen LogP contribution in [-0.4, -0.2) is 37.5 Å². The summed E-state index contributed by atoms with van der Waals surface area (Å²) >= 11 is 7.58. The topological polar surface area (TPSA) is 32.3 Å². The standard InChI is InChI=1S/C13H19ClN2OS/c1-9-8-18-12(11(9)14)13(17)16(2)7-10-3-5-15-6-4-10/h8,10,15H,3-7H2,1-2H3. The maximum Gasteiger partial charge on any atom is 0.265 e. The highest BCUT2D eigenvalue weighted by Gasteiger charge is 2.22. The Morgan fingerprint density at radius 1 is 1.56 bits per heavy atom. The van der Waals surface area contributed by atoms with Gasteiger partial charge in [-0.25, -0.2) is 0 Å². The highest BCUT2D eigenvalue weighted by molar-refractivity contribution is 7.13. The maximum atomic E-state index is 12.3. The molecule has 3 nitrogen and oxygen atoms in total. The third-order valence-electron chi connectivity index (χ3n) is 3.43. The van der Waals surface area contributed by atoms with Gasteiger partial charge in [0.1, 0.15) is 4.88 Å². The van der Waals surface area contributed by atoms with Gasteiger partial charge in [0, 0.05) is 13.6 Å². The zero-order chi connectivity index (χ0) is 13.1. The third-order valence-corrected chi connectivity index (χ3v) is 5.12. The first-order chi connectivity index (χ1) is 8.59. The summed E-state index contributed by atoms with van der Waals surface area (Å²) < 4.78 is 0. The first-order valence-corrected chi connectivity index (χ1v) is 7.55. The summed E-state index contributed by atoms with van der Waals surface area (Å²) in [4.78, 5) is 14.8. The lowest BCUT2D eigenvalue weighted by Gasteiger charge is -2.27. The Morgan fingerprint density at radius 2 is 2.22 bits per heavy atom. The number of carbonyl (C=O) groups excluding carboxylic acids is 1. The van der Waals surface area contributed by atoms with E-state index >= 15 is 0 Å². The Morgan fingerprint density at radius 3 is 2.78 bits per heavy atom. The predicted molar refractivity (Wildman–Crippen MR) is 76.6 cm³/mol. The Labute approximate surface area is 117 Å². The van der Waals surface area contributed by atoms with Crippen LogP contribution in [0.15, 0.2) is 5.38 Å². The van der Waals surface area contributed by atoms with E-state index in [4.69, 9.17) is 11.6 Å². The fourth-order valence-corrected chi connectivity index (χ4v) is 3.55. The van der Waals surface area contributed by atoms with Crippen molar-refractivity contribution in [2.45, 2.75) is 19.8 Å². The summed E-state index contributed by atoms with van der Waals surface area (Å²) in [7, 11) is 1.87. The van der Waals surface area contributed by atoms with Crippen LogP contribution in [0.2, 0.25) is 5.02 Å². The van der Waals surface area contributed by atoms with Gasteiger partial charge in [-0.05, 0) is 49.7 Å². The van der Waals surface area contributed by atoms with Crippen molar-refractivity contribution in [2.75, 3.05) is 26.7 Å². The largest absolute Gasteiger partial charge is 0.341 e. The molecular weight excluding hydrogens is 268 g/mol. The number of thiophene rings is 1. The number of carbonyl (C=O) groups is 1. The van der Waals surface area contributed by atoms with Crippen molar-refractivity contribution < 1.29 is 4.79 Å². The molecule has 1 fully saturated rings. The molecule has 2 rings (SSSR count). The van der Waals surface area contributed by atoms with Crippen molar-refractivity contribution in [1.29, 1.82) is 0 Å². The predicted octanol–water partition coefficient (Wildman–Crippen LogP) is 2.78. The maximum absolute atomic E-state index is 12.3. The summed E-state index contributed by atoms with van der Waals surface area (Å²) in [6.07, 6.45) is 2.30. The van der Waals surface area contributed by atoms with Crippen LogP contribution in [0, 0.1) is 12.8 Å². The quantitative estimate of drug-likeness (QED) is 0.927. The monoisotopic (exact) mass is 286 g/mol. The van der Waals surface area contributed by atoms with Gasteiger partial charge in [0.2, 0.25) is 0 Å². The number of nitrogens with one attached hydrogen (secondary N) is 1. The SMILES string of the molecule is Cc1csc(C(=O)N(C)CC2CCNCC2)c1Cl. The average molecular weight is 287 g/mol. The van der Waals surface area contributed by atoms with Gasteiger partial charge in [0.05, 0.1) is 5.02 Å². The summed E-state index contributed by atoms with van der Waals surface area (Å²) in [6, 6.07) is 0. The van der Waals surface area contributed by atoms with Crippen LogP contribution in [-0.2, 0) is 0 Å². The highest BCUT2D eigenvalue weighted by Crippen LogP contribution is 2.28. The molecule has 0 unspecified atom stereocenters. The molecule has 1 amide bonds. The fraction of sp³-hybridized carbons (Fsp3) is 0.615. The molecule has 1 aliphatic rings. The molecule has 0 bridgehead atoms. The molecule has 1 aromatic heterocycles. The second-order valence-electron chi connectivity index (χ2n) is 4.94. The first kappa shape index (κ1) is 13.8. The van der Waals surface area contributed by atoms with Gasteiger partial charge in [-0.3, -0.25) is 4.79 Å². The number of aryl methyl sites for hydroxylation is 1. The summed E-state index contributed by atoms with van der Waals surface area (Å²) in [5, 5.41) is 5.89. The smallest absolute Gasteiger partial charge is 0.265 e. The van der Waals surface area contributed by atoms with E-state index in [1.807, 2.05) is 24.3 Å². The van der Waals surface area contributed by atoms with E-state index in [9.17, 15) is 4.79 Å². The summed E-state index contributed by atoms with van der Waals surface area (Å²) in [5.74, 6) is 0.664. The van der Waals surface area contributed by atoms with E-state index in [0.717, 1.165) is 38.0 Å². The number of hydrogen-bond donors (Lipinski definition) is 1. The lowest BCUT2D eigenvalue weighted by molar-refractivity contribution is 0.0767. The van der Waals surface area contributed by atoms with E-state index in [0.29, 0.717) is 15.8 Å². The lowest BCUT2D eigenvalue weighted by Crippen LogP contribution is -2.37. The average Bonchev–Trinajstić information content (AvgIpc) is 2.70. The van der Waals surface area contributed by atoms with Gasteiger partial charge >= 0.3 is 0 Å². The second-order valence-corrected chi connectivity index (χ2v) is 6.20. The van der Waals surface area contributed by atoms with E-state index in [-0.39, 0.29) is 5.91 Å². The number of halogens is 1. The van der Waals surface area contributed by atoms with Crippen LogP contribution in [0.3, 0.4) is 0 Å². The highest BCUT2D eigenvalue weighted by atomic mass is 35.5. The second kappa shape index (κ2) is 6.04. The zero-order valence-electron chi connectivity index (χ0n) is 10.8. The van der Waals surface area contributed by atoms with Gasteiger partial charge < -0.3 is 10.2 Å². The van der Waals surface area contributed by atoms with Gasteiger partial charge in [-0.15, -0.1) is 11.3 Å². The molecule has 0 aromatic carbocycles. The van der Waals surface area contributed by atoms with Crippen molar-refractivity contribution >= 4 is 28.8 Å². The van der Waals surface area contributed by atoms with E-state index in [1.54, 1.807) is 0 Å². The van der Waals surface area contributed by atoms with Gasteiger partial charge in [0.15, 0.2) is 0 Å². The minimum absolute atomic E-state index is 0.0524. The number of hydrogen-bond acceptors (Lipinski definition) is 3. The van der Waals surface area contributed by atoms with Crippen molar-refractivity contribution in [3.63, 3.8) is 0 Å². The molecular formula is C13H19ClN2OS. The molecule has 1 N–H and O–H groups in total. The van der Waals surface area contributed by atoms with Gasteiger partial charge in [0.25, 0.3) is 5.91 Å². The van der Waals surface area contributed by atoms with E-state index in [2.05, 4.69) is 5.32 Å². The molecule has 100 valence electrons. The van der Waals surface area contributed by atoms with Crippen molar-refractivity contribution in [3.8, 4) is 0 Å². The van der Waals surface area contributed by atoms with Gasteiger partial charge in [-0.2, -0.15) is 0 Å². The van der Waals surface area contributed by atoms with Crippen LogP contribution in [0.5, 0.6) is 0 Å². The molecule has 2 heterocycles. The Balaban J connectivity index is 1.98. The molecule has 0 atom stereocenters. The summed E-state index contributed by atoms with van der Waals surface area (Å²) in [6.45, 7) is 4.88. The number of nitrogens with zero attached hydrogens (tertiary/aromatic N) is 1. The Hall–Kier alpha value is -0.580. The normalized spacial score (nSPS) is 16.8. The molecule has 0 aliphatic carbocycles. The van der Waals surface area contributed by atoms with Crippen LogP contribution in [0.25, 0.3) is 0 Å². The van der Waals surface area contributed by atoms with Crippen LogP contribution in [0.1, 0.15) is 28.1 Å². The summed E-state index contributed by atoms with van der Waals surface area (Å²) in [5.41, 5.74) is 0.986. The zero-order valence-corrected chi connectivity index (χ0v) is 12.4. The van der Waals surface area contributed by atoms with E-state index < -0.39 is 0 Å². The fourth-order valence-electron chi connectivity index (χ4n) is 2.28. The Bertz CT molecular complexity index is 427. The van der Waals surface area contributed by atoms with Crippen molar-refractivity contribution in [1.82, 2.24) is 10.2 Å². The minimum atomic E-state index is 0.0524. The minimum Gasteiger partial charge on any atom is -0.341 e. The molecule has 1 aromatic rings. The van der Waals surface area contributed by atoms with E-state index in [1.165, 1.54) is 11.3 Å². The molecule has 18 heavy (non-hydrogen) atoms. The van der Waals surface area contributed by atoms with Crippen molar-refractivity contribution in [3.05, 3.63) is 20.8 Å². The Kier molecular flexibility index (Phi) is 4.65. The number of rotatable bonds is 3. The molecule has 1 aliphatic heterocycles.